The van der Waals surface area contributed by atoms with Crippen LogP contribution in [0.5, 0.6) is 0 Å². The molecule has 0 bridgehead atoms. The largest absolute Gasteiger partial charge is 0.333 e. The zero-order chi connectivity index (χ0) is 16.0. The Hall–Kier alpha value is -1.59. The van der Waals surface area contributed by atoms with Gasteiger partial charge in [-0.2, -0.15) is 0 Å². The van der Waals surface area contributed by atoms with Gasteiger partial charge in [0.15, 0.2) is 0 Å². The molecular weight excluding hydrogens is 290 g/mol. The molecule has 0 aliphatic heterocycles. The highest BCUT2D eigenvalue weighted by Gasteiger charge is 2.16. The van der Waals surface area contributed by atoms with Gasteiger partial charge in [-0.05, 0) is 45.4 Å². The Morgan fingerprint density at radius 3 is 2.52 bits per heavy atom. The molecule has 0 saturated carbocycles. The SMILES string of the molecule is C[C@@H](NCC(=O)NC(=O)NC(C)(C)C)c1cccc(Cl)c1. The molecule has 1 aromatic carbocycles. The third-order valence-corrected chi connectivity index (χ3v) is 2.89. The van der Waals surface area contributed by atoms with Crippen LogP contribution in [0.25, 0.3) is 0 Å². The third kappa shape index (κ3) is 7.11. The number of carbonyl (C=O) groups is 2. The molecule has 6 heteroatoms. The zero-order valence-corrected chi connectivity index (χ0v) is 13.5. The molecule has 3 N–H and O–H groups in total. The van der Waals surface area contributed by atoms with Crippen LogP contribution in [-0.4, -0.2) is 24.0 Å². The van der Waals surface area contributed by atoms with Crippen molar-refractivity contribution in [1.82, 2.24) is 16.0 Å². The molecule has 0 aromatic heterocycles. The number of hydrogen-bond donors (Lipinski definition) is 3. The van der Waals surface area contributed by atoms with E-state index in [0.717, 1.165) is 5.56 Å². The number of nitrogens with one attached hydrogen (secondary N) is 3. The summed E-state index contributed by atoms with van der Waals surface area (Å²) in [5, 5.41) is 8.63. The molecule has 0 radical (unpaired) electrons. The van der Waals surface area contributed by atoms with Gasteiger partial charge in [-0.15, -0.1) is 0 Å². The summed E-state index contributed by atoms with van der Waals surface area (Å²) in [6, 6.07) is 6.87. The standard InChI is InChI=1S/C15H22ClN3O2/c1-10(11-6-5-7-12(16)8-11)17-9-13(20)18-14(21)19-15(2,3)4/h5-8,10,17H,9H2,1-4H3,(H2,18,19,20,21)/t10-/m1/s1. The summed E-state index contributed by atoms with van der Waals surface area (Å²) in [6.45, 7) is 7.50. The van der Waals surface area contributed by atoms with E-state index < -0.39 is 6.03 Å². The van der Waals surface area contributed by atoms with Gasteiger partial charge >= 0.3 is 6.03 Å². The zero-order valence-electron chi connectivity index (χ0n) is 12.8. The van der Waals surface area contributed by atoms with E-state index in [1.807, 2.05) is 45.9 Å². The van der Waals surface area contributed by atoms with Crippen molar-refractivity contribution >= 4 is 23.5 Å². The molecule has 1 atom stereocenters. The topological polar surface area (TPSA) is 70.2 Å². The minimum absolute atomic E-state index is 0.0415. The van der Waals surface area contributed by atoms with E-state index in [2.05, 4.69) is 16.0 Å². The van der Waals surface area contributed by atoms with Crippen molar-refractivity contribution in [2.45, 2.75) is 39.3 Å². The maximum Gasteiger partial charge on any atom is 0.321 e. The number of halogens is 1. The average Bonchev–Trinajstić information content (AvgIpc) is 2.33. The van der Waals surface area contributed by atoms with Crippen molar-refractivity contribution in [1.29, 1.82) is 0 Å². The van der Waals surface area contributed by atoms with Gasteiger partial charge < -0.3 is 10.6 Å². The molecule has 3 amide bonds. The van der Waals surface area contributed by atoms with Gasteiger partial charge in [-0.3, -0.25) is 10.1 Å². The predicted molar refractivity (Wildman–Crippen MR) is 84.3 cm³/mol. The van der Waals surface area contributed by atoms with Gasteiger partial charge in [0.1, 0.15) is 0 Å². The van der Waals surface area contributed by atoms with Crippen molar-refractivity contribution in [3.63, 3.8) is 0 Å². The normalized spacial score (nSPS) is 12.6. The van der Waals surface area contributed by atoms with E-state index in [9.17, 15) is 9.59 Å². The van der Waals surface area contributed by atoms with Crippen molar-refractivity contribution in [2.24, 2.45) is 0 Å². The molecule has 0 spiro atoms. The van der Waals surface area contributed by atoms with Crippen LogP contribution in [-0.2, 0) is 4.79 Å². The van der Waals surface area contributed by atoms with E-state index in [-0.39, 0.29) is 24.0 Å². The number of urea groups is 1. The summed E-state index contributed by atoms with van der Waals surface area (Å²) in [6.07, 6.45) is 0. The molecule has 21 heavy (non-hydrogen) atoms. The first-order chi connectivity index (χ1) is 9.67. The number of carbonyl (C=O) groups excluding carboxylic acids is 2. The lowest BCUT2D eigenvalue weighted by molar-refractivity contribution is -0.119. The summed E-state index contributed by atoms with van der Waals surface area (Å²) >= 11 is 5.92. The van der Waals surface area contributed by atoms with Crippen LogP contribution in [0.1, 0.15) is 39.3 Å². The molecule has 0 heterocycles. The second-order valence-electron chi connectivity index (χ2n) is 5.91. The third-order valence-electron chi connectivity index (χ3n) is 2.66. The summed E-state index contributed by atoms with van der Waals surface area (Å²) < 4.78 is 0. The summed E-state index contributed by atoms with van der Waals surface area (Å²) in [7, 11) is 0. The van der Waals surface area contributed by atoms with Crippen LogP contribution in [0.2, 0.25) is 5.02 Å². The minimum atomic E-state index is -0.496. The molecular formula is C15H22ClN3O2. The van der Waals surface area contributed by atoms with E-state index in [0.29, 0.717) is 5.02 Å². The fraction of sp³-hybridized carbons (Fsp3) is 0.467. The Balaban J connectivity index is 2.41. The summed E-state index contributed by atoms with van der Waals surface area (Å²) in [5.74, 6) is -0.384. The maximum absolute atomic E-state index is 11.7. The van der Waals surface area contributed by atoms with Crippen LogP contribution in [0.15, 0.2) is 24.3 Å². The van der Waals surface area contributed by atoms with E-state index in [1.54, 1.807) is 6.07 Å². The second-order valence-corrected chi connectivity index (χ2v) is 6.35. The van der Waals surface area contributed by atoms with E-state index in [4.69, 9.17) is 11.6 Å². The number of rotatable bonds is 4. The van der Waals surface area contributed by atoms with Gasteiger partial charge in [0.05, 0.1) is 6.54 Å². The van der Waals surface area contributed by atoms with Gasteiger partial charge in [-0.25, -0.2) is 4.79 Å². The average molecular weight is 312 g/mol. The Labute approximate surface area is 130 Å². The van der Waals surface area contributed by atoms with E-state index >= 15 is 0 Å². The fourth-order valence-corrected chi connectivity index (χ4v) is 1.88. The van der Waals surface area contributed by atoms with Crippen LogP contribution in [0.4, 0.5) is 4.79 Å². The summed E-state index contributed by atoms with van der Waals surface area (Å²) in [4.78, 5) is 23.2. The number of hydrogen-bond acceptors (Lipinski definition) is 3. The quantitative estimate of drug-likeness (QED) is 0.800. The second kappa shape index (κ2) is 7.43. The predicted octanol–water partition coefficient (Wildman–Crippen LogP) is 2.61. The van der Waals surface area contributed by atoms with Crippen LogP contribution >= 0.6 is 11.6 Å². The first-order valence-corrected chi connectivity index (χ1v) is 7.16. The number of imide groups is 1. The Kier molecular flexibility index (Phi) is 6.18. The van der Waals surface area contributed by atoms with Crippen LogP contribution < -0.4 is 16.0 Å². The lowest BCUT2D eigenvalue weighted by atomic mass is 10.1. The highest BCUT2D eigenvalue weighted by atomic mass is 35.5. The lowest BCUT2D eigenvalue weighted by Crippen LogP contribution is -2.50. The van der Waals surface area contributed by atoms with Crippen molar-refractivity contribution in [2.75, 3.05) is 6.54 Å². The lowest BCUT2D eigenvalue weighted by Gasteiger charge is -2.20. The Morgan fingerprint density at radius 2 is 1.95 bits per heavy atom. The molecule has 116 valence electrons. The van der Waals surface area contributed by atoms with Gasteiger partial charge in [0.2, 0.25) is 5.91 Å². The molecule has 0 aliphatic carbocycles. The van der Waals surface area contributed by atoms with Crippen molar-refractivity contribution < 1.29 is 9.59 Å². The Morgan fingerprint density at radius 1 is 1.29 bits per heavy atom. The molecule has 0 aliphatic rings. The highest BCUT2D eigenvalue weighted by molar-refractivity contribution is 6.30. The molecule has 1 rings (SSSR count). The maximum atomic E-state index is 11.7. The van der Waals surface area contributed by atoms with Gasteiger partial charge in [-0.1, -0.05) is 23.7 Å². The van der Waals surface area contributed by atoms with Crippen molar-refractivity contribution in [3.05, 3.63) is 34.9 Å². The molecule has 1 aromatic rings. The molecule has 0 fully saturated rings. The molecule has 0 saturated heterocycles. The first kappa shape index (κ1) is 17.5. The van der Waals surface area contributed by atoms with Crippen LogP contribution in [0, 0.1) is 0 Å². The van der Waals surface area contributed by atoms with Crippen LogP contribution in [0.3, 0.4) is 0 Å². The monoisotopic (exact) mass is 311 g/mol. The minimum Gasteiger partial charge on any atom is -0.333 e. The smallest absolute Gasteiger partial charge is 0.321 e. The Bertz CT molecular complexity index is 512. The van der Waals surface area contributed by atoms with Crippen molar-refractivity contribution in [3.8, 4) is 0 Å². The number of amides is 3. The van der Waals surface area contributed by atoms with E-state index in [1.165, 1.54) is 0 Å². The van der Waals surface area contributed by atoms with Gasteiger partial charge in [0.25, 0.3) is 0 Å². The van der Waals surface area contributed by atoms with Gasteiger partial charge in [0, 0.05) is 16.6 Å². The number of benzene rings is 1. The summed E-state index contributed by atoms with van der Waals surface area (Å²) in [5.41, 5.74) is 0.598. The molecule has 5 nitrogen and oxygen atoms in total. The fourth-order valence-electron chi connectivity index (χ4n) is 1.68. The first-order valence-electron chi connectivity index (χ1n) is 6.78. The molecule has 0 unspecified atom stereocenters. The highest BCUT2D eigenvalue weighted by Crippen LogP contribution is 2.16.